The molecular formula is C17H25BrFNO. The molecule has 2 nitrogen and oxygen atoms in total. The van der Waals surface area contributed by atoms with E-state index in [1.165, 1.54) is 6.07 Å². The number of hydrogen-bond donors (Lipinski definition) is 1. The quantitative estimate of drug-likeness (QED) is 0.866. The maximum atomic E-state index is 13.6. The Kier molecular flexibility index (Phi) is 5.44. The minimum Gasteiger partial charge on any atom is -0.381 e. The van der Waals surface area contributed by atoms with E-state index in [0.29, 0.717) is 0 Å². The molecule has 4 heteroatoms. The van der Waals surface area contributed by atoms with Crippen molar-refractivity contribution in [2.45, 2.75) is 45.6 Å². The van der Waals surface area contributed by atoms with Crippen molar-refractivity contribution in [2.24, 2.45) is 5.41 Å². The lowest BCUT2D eigenvalue weighted by Gasteiger charge is -2.40. The van der Waals surface area contributed by atoms with Gasteiger partial charge in [0.05, 0.1) is 0 Å². The molecule has 1 fully saturated rings. The predicted octanol–water partition coefficient (Wildman–Crippen LogP) is 4.32. The Morgan fingerprint density at radius 3 is 2.48 bits per heavy atom. The van der Waals surface area contributed by atoms with Gasteiger partial charge in [-0.25, -0.2) is 4.39 Å². The number of hydrogen-bond acceptors (Lipinski definition) is 2. The molecule has 0 aliphatic carbocycles. The first-order chi connectivity index (χ1) is 9.78. The lowest BCUT2D eigenvalue weighted by molar-refractivity contribution is 0.0121. The summed E-state index contributed by atoms with van der Waals surface area (Å²) in [5, 5.41) is 3.62. The van der Waals surface area contributed by atoms with E-state index in [0.717, 1.165) is 49.1 Å². The largest absolute Gasteiger partial charge is 0.381 e. The van der Waals surface area contributed by atoms with Gasteiger partial charge in [-0.05, 0) is 69.2 Å². The SMILES string of the molecule is CC(C)(C)NCC1(Cc2cc(F)cc(Br)c2)CCOCC1. The van der Waals surface area contributed by atoms with Gasteiger partial charge in [0.15, 0.2) is 0 Å². The van der Waals surface area contributed by atoms with E-state index < -0.39 is 0 Å². The highest BCUT2D eigenvalue weighted by Gasteiger charge is 2.33. The Hall–Kier alpha value is -0.450. The molecular weight excluding hydrogens is 333 g/mol. The molecule has 1 N–H and O–H groups in total. The molecule has 0 radical (unpaired) electrons. The van der Waals surface area contributed by atoms with Crippen LogP contribution in [-0.4, -0.2) is 25.3 Å². The van der Waals surface area contributed by atoms with E-state index >= 15 is 0 Å². The maximum Gasteiger partial charge on any atom is 0.124 e. The van der Waals surface area contributed by atoms with Gasteiger partial charge in [0.2, 0.25) is 0 Å². The minimum atomic E-state index is -0.176. The van der Waals surface area contributed by atoms with E-state index in [1.54, 1.807) is 6.07 Å². The Morgan fingerprint density at radius 2 is 1.90 bits per heavy atom. The second-order valence-corrected chi connectivity index (χ2v) is 8.09. The minimum absolute atomic E-state index is 0.0911. The summed E-state index contributed by atoms with van der Waals surface area (Å²) in [7, 11) is 0. The molecule has 0 unspecified atom stereocenters. The van der Waals surface area contributed by atoms with Crippen molar-refractivity contribution in [2.75, 3.05) is 19.8 Å². The van der Waals surface area contributed by atoms with Gasteiger partial charge in [0.1, 0.15) is 5.82 Å². The lowest BCUT2D eigenvalue weighted by Crippen LogP contribution is -2.47. The standard InChI is InChI=1S/C17H25BrFNO/c1-16(2,3)20-12-17(4-6-21-7-5-17)11-13-8-14(18)10-15(19)9-13/h8-10,20H,4-7,11-12H2,1-3H3. The Balaban J connectivity index is 2.15. The van der Waals surface area contributed by atoms with Crippen molar-refractivity contribution in [3.8, 4) is 0 Å². The van der Waals surface area contributed by atoms with Gasteiger partial charge >= 0.3 is 0 Å². The third-order valence-corrected chi connectivity index (χ3v) is 4.51. The summed E-state index contributed by atoms with van der Waals surface area (Å²) < 4.78 is 20.0. The van der Waals surface area contributed by atoms with Crippen LogP contribution in [0.4, 0.5) is 4.39 Å². The summed E-state index contributed by atoms with van der Waals surface area (Å²) in [6, 6.07) is 5.18. The first-order valence-corrected chi connectivity index (χ1v) is 8.35. The molecule has 1 aliphatic rings. The third kappa shape index (κ3) is 5.35. The van der Waals surface area contributed by atoms with Gasteiger partial charge in [0.25, 0.3) is 0 Å². The molecule has 1 aromatic carbocycles. The highest BCUT2D eigenvalue weighted by atomic mass is 79.9. The van der Waals surface area contributed by atoms with Crippen LogP contribution in [0.2, 0.25) is 0 Å². The van der Waals surface area contributed by atoms with E-state index in [2.05, 4.69) is 42.0 Å². The maximum absolute atomic E-state index is 13.6. The predicted molar refractivity (Wildman–Crippen MR) is 88.0 cm³/mol. The van der Waals surface area contributed by atoms with Crippen molar-refractivity contribution in [1.82, 2.24) is 5.32 Å². The second kappa shape index (κ2) is 6.76. The molecule has 118 valence electrons. The highest BCUT2D eigenvalue weighted by Crippen LogP contribution is 2.35. The Labute approximate surface area is 135 Å². The number of nitrogens with one attached hydrogen (secondary N) is 1. The van der Waals surface area contributed by atoms with Crippen molar-refractivity contribution in [3.63, 3.8) is 0 Å². The van der Waals surface area contributed by atoms with Gasteiger partial charge in [-0.15, -0.1) is 0 Å². The van der Waals surface area contributed by atoms with Crippen LogP contribution >= 0.6 is 15.9 Å². The zero-order valence-electron chi connectivity index (χ0n) is 13.1. The number of rotatable bonds is 4. The highest BCUT2D eigenvalue weighted by molar-refractivity contribution is 9.10. The summed E-state index contributed by atoms with van der Waals surface area (Å²) in [6.45, 7) is 9.06. The van der Waals surface area contributed by atoms with Crippen LogP contribution in [-0.2, 0) is 11.2 Å². The number of ether oxygens (including phenoxy) is 1. The van der Waals surface area contributed by atoms with Gasteiger partial charge in [-0.3, -0.25) is 0 Å². The molecule has 21 heavy (non-hydrogen) atoms. The van der Waals surface area contributed by atoms with Crippen LogP contribution in [0, 0.1) is 11.2 Å². The van der Waals surface area contributed by atoms with Crippen LogP contribution in [0.15, 0.2) is 22.7 Å². The molecule has 2 rings (SSSR count). The van der Waals surface area contributed by atoms with Crippen LogP contribution in [0.5, 0.6) is 0 Å². The topological polar surface area (TPSA) is 21.3 Å². The smallest absolute Gasteiger partial charge is 0.124 e. The fourth-order valence-electron chi connectivity index (χ4n) is 2.82. The van der Waals surface area contributed by atoms with E-state index in [-0.39, 0.29) is 16.8 Å². The summed E-state index contributed by atoms with van der Waals surface area (Å²) in [5.41, 5.74) is 1.30. The second-order valence-electron chi connectivity index (χ2n) is 7.17. The third-order valence-electron chi connectivity index (χ3n) is 4.05. The monoisotopic (exact) mass is 357 g/mol. The van der Waals surface area contributed by atoms with Gasteiger partial charge in [-0.1, -0.05) is 15.9 Å². The zero-order chi connectivity index (χ0) is 15.5. The fraction of sp³-hybridized carbons (Fsp3) is 0.647. The van der Waals surface area contributed by atoms with Crippen LogP contribution in [0.3, 0.4) is 0 Å². The van der Waals surface area contributed by atoms with Crippen molar-refractivity contribution >= 4 is 15.9 Å². The first-order valence-electron chi connectivity index (χ1n) is 7.56. The zero-order valence-corrected chi connectivity index (χ0v) is 14.7. The summed E-state index contributed by atoms with van der Waals surface area (Å²) in [6.07, 6.45) is 2.92. The lowest BCUT2D eigenvalue weighted by atomic mass is 9.74. The van der Waals surface area contributed by atoms with Gasteiger partial charge < -0.3 is 10.1 Å². The van der Waals surface area contributed by atoms with Gasteiger partial charge in [0, 0.05) is 29.8 Å². The first kappa shape index (κ1) is 16.9. The fourth-order valence-corrected chi connectivity index (χ4v) is 3.33. The van der Waals surface area contributed by atoms with Crippen molar-refractivity contribution < 1.29 is 9.13 Å². The molecule has 1 heterocycles. The number of benzene rings is 1. The number of halogens is 2. The van der Waals surface area contributed by atoms with Crippen molar-refractivity contribution in [1.29, 1.82) is 0 Å². The average Bonchev–Trinajstić information content (AvgIpc) is 2.35. The Morgan fingerprint density at radius 1 is 1.24 bits per heavy atom. The van der Waals surface area contributed by atoms with Gasteiger partial charge in [-0.2, -0.15) is 0 Å². The molecule has 0 aromatic heterocycles. The molecule has 1 aliphatic heterocycles. The van der Waals surface area contributed by atoms with E-state index in [9.17, 15) is 4.39 Å². The van der Waals surface area contributed by atoms with Crippen LogP contribution in [0.25, 0.3) is 0 Å². The summed E-state index contributed by atoms with van der Waals surface area (Å²) >= 11 is 3.39. The molecule has 0 amide bonds. The normalized spacial score (nSPS) is 18.7. The van der Waals surface area contributed by atoms with Crippen LogP contribution < -0.4 is 5.32 Å². The molecule has 0 atom stereocenters. The van der Waals surface area contributed by atoms with Crippen LogP contribution in [0.1, 0.15) is 39.2 Å². The average molecular weight is 358 g/mol. The molecule has 0 spiro atoms. The van der Waals surface area contributed by atoms with E-state index in [1.807, 2.05) is 6.07 Å². The molecule has 0 saturated carbocycles. The Bertz CT molecular complexity index is 458. The van der Waals surface area contributed by atoms with Crippen molar-refractivity contribution in [3.05, 3.63) is 34.1 Å². The summed E-state index contributed by atoms with van der Waals surface area (Å²) in [5.74, 6) is -0.176. The summed E-state index contributed by atoms with van der Waals surface area (Å²) in [4.78, 5) is 0. The van der Waals surface area contributed by atoms with E-state index in [4.69, 9.17) is 4.74 Å². The molecule has 1 aromatic rings. The molecule has 0 bridgehead atoms. The molecule has 1 saturated heterocycles.